The zero-order chi connectivity index (χ0) is 24.5. The van der Waals surface area contributed by atoms with E-state index in [1.807, 2.05) is 43.3 Å². The van der Waals surface area contributed by atoms with Gasteiger partial charge in [0.1, 0.15) is 5.75 Å². The Morgan fingerprint density at radius 3 is 2.44 bits per heavy atom. The van der Waals surface area contributed by atoms with Gasteiger partial charge >= 0.3 is 0 Å². The minimum absolute atomic E-state index is 0.0809. The van der Waals surface area contributed by atoms with E-state index in [9.17, 15) is 9.59 Å². The number of nitrogens with zero attached hydrogens (tertiary/aromatic N) is 1. The molecule has 0 unspecified atom stereocenters. The van der Waals surface area contributed by atoms with Crippen LogP contribution in [0.3, 0.4) is 0 Å². The topological polar surface area (TPSA) is 70.7 Å². The lowest BCUT2D eigenvalue weighted by Gasteiger charge is -2.20. The molecule has 2 amide bonds. The number of hydrogen-bond acceptors (Lipinski definition) is 4. The molecule has 0 spiro atoms. The van der Waals surface area contributed by atoms with Crippen molar-refractivity contribution in [1.82, 2.24) is 10.2 Å². The van der Waals surface area contributed by atoms with Gasteiger partial charge < -0.3 is 15.0 Å². The molecule has 0 heterocycles. The number of nitrogens with one attached hydrogen (secondary N) is 2. The van der Waals surface area contributed by atoms with E-state index in [1.165, 1.54) is 0 Å². The van der Waals surface area contributed by atoms with Crippen LogP contribution in [-0.4, -0.2) is 35.5 Å². The number of hydrogen-bond donors (Lipinski definition) is 2. The molecule has 0 fully saturated rings. The first-order valence-electron chi connectivity index (χ1n) is 10.8. The SMILES string of the molecule is CCCOc1ccc(Br)cc1C(=O)NC(=S)Nc1ccccc1C(=O)N(C)Cc1ccccc1. The molecule has 0 aliphatic rings. The predicted octanol–water partition coefficient (Wildman–Crippen LogP) is 5.64. The maximum atomic E-state index is 13.1. The van der Waals surface area contributed by atoms with Crippen molar-refractivity contribution < 1.29 is 14.3 Å². The lowest BCUT2D eigenvalue weighted by molar-refractivity contribution is 0.0786. The van der Waals surface area contributed by atoms with Crippen molar-refractivity contribution in [2.45, 2.75) is 19.9 Å². The fourth-order valence-corrected chi connectivity index (χ4v) is 3.82. The van der Waals surface area contributed by atoms with E-state index in [2.05, 4.69) is 26.6 Å². The molecule has 2 N–H and O–H groups in total. The molecule has 0 radical (unpaired) electrons. The van der Waals surface area contributed by atoms with Crippen LogP contribution >= 0.6 is 28.1 Å². The molecule has 0 saturated carbocycles. The summed E-state index contributed by atoms with van der Waals surface area (Å²) in [7, 11) is 1.75. The molecule has 0 saturated heterocycles. The molecule has 0 bridgehead atoms. The van der Waals surface area contributed by atoms with E-state index in [-0.39, 0.29) is 11.0 Å². The number of amides is 2. The highest BCUT2D eigenvalue weighted by Crippen LogP contribution is 2.24. The Bertz CT molecular complexity index is 1170. The molecular formula is C26H26BrN3O3S. The van der Waals surface area contributed by atoms with E-state index in [0.29, 0.717) is 35.7 Å². The van der Waals surface area contributed by atoms with Crippen LogP contribution in [0.2, 0.25) is 0 Å². The maximum Gasteiger partial charge on any atom is 0.261 e. The van der Waals surface area contributed by atoms with Crippen LogP contribution in [0.15, 0.2) is 77.3 Å². The molecule has 3 aromatic carbocycles. The van der Waals surface area contributed by atoms with Crippen molar-refractivity contribution in [1.29, 1.82) is 0 Å². The summed E-state index contributed by atoms with van der Waals surface area (Å²) in [6.07, 6.45) is 0.820. The fraction of sp³-hybridized carbons (Fsp3) is 0.192. The summed E-state index contributed by atoms with van der Waals surface area (Å²) in [5.41, 5.74) is 2.35. The van der Waals surface area contributed by atoms with Gasteiger partial charge in [-0.05, 0) is 54.5 Å². The van der Waals surface area contributed by atoms with Gasteiger partial charge in [-0.1, -0.05) is 65.3 Å². The highest BCUT2D eigenvalue weighted by molar-refractivity contribution is 9.10. The number of carbonyl (C=O) groups is 2. The largest absolute Gasteiger partial charge is 0.493 e. The van der Waals surface area contributed by atoms with Gasteiger partial charge in [0, 0.05) is 18.1 Å². The van der Waals surface area contributed by atoms with Crippen LogP contribution in [0.5, 0.6) is 5.75 Å². The molecule has 0 aliphatic heterocycles. The molecule has 3 rings (SSSR count). The Balaban J connectivity index is 1.71. The van der Waals surface area contributed by atoms with Crippen molar-refractivity contribution in [3.8, 4) is 5.75 Å². The first-order chi connectivity index (χ1) is 16.4. The quantitative estimate of drug-likeness (QED) is 0.362. The predicted molar refractivity (Wildman–Crippen MR) is 142 cm³/mol. The van der Waals surface area contributed by atoms with E-state index in [0.717, 1.165) is 16.5 Å². The van der Waals surface area contributed by atoms with Crippen molar-refractivity contribution >= 4 is 50.8 Å². The summed E-state index contributed by atoms with van der Waals surface area (Å²) in [5.74, 6) is -0.0957. The van der Waals surface area contributed by atoms with Gasteiger partial charge in [0.15, 0.2) is 5.11 Å². The van der Waals surface area contributed by atoms with Crippen molar-refractivity contribution in [3.63, 3.8) is 0 Å². The minimum Gasteiger partial charge on any atom is -0.493 e. The summed E-state index contributed by atoms with van der Waals surface area (Å²) >= 11 is 8.76. The summed E-state index contributed by atoms with van der Waals surface area (Å²) < 4.78 is 6.44. The Morgan fingerprint density at radius 1 is 1.00 bits per heavy atom. The Labute approximate surface area is 213 Å². The molecule has 3 aromatic rings. The normalized spacial score (nSPS) is 10.3. The van der Waals surface area contributed by atoms with Gasteiger partial charge in [0.2, 0.25) is 0 Å². The second kappa shape index (κ2) is 12.3. The molecule has 0 atom stereocenters. The third-order valence-corrected chi connectivity index (χ3v) is 5.59. The second-order valence-electron chi connectivity index (χ2n) is 7.59. The van der Waals surface area contributed by atoms with Crippen LogP contribution in [-0.2, 0) is 6.54 Å². The molecule has 0 aliphatic carbocycles. The highest BCUT2D eigenvalue weighted by Gasteiger charge is 2.18. The smallest absolute Gasteiger partial charge is 0.261 e. The van der Waals surface area contributed by atoms with Gasteiger partial charge in [-0.2, -0.15) is 0 Å². The third-order valence-electron chi connectivity index (χ3n) is 4.89. The summed E-state index contributed by atoms with van der Waals surface area (Å²) in [6, 6.07) is 22.0. The molecule has 6 nitrogen and oxygen atoms in total. The van der Waals surface area contributed by atoms with Crippen molar-refractivity contribution in [2.75, 3.05) is 19.0 Å². The van der Waals surface area contributed by atoms with Crippen LogP contribution in [0, 0.1) is 0 Å². The average Bonchev–Trinajstić information content (AvgIpc) is 2.83. The Morgan fingerprint density at radius 2 is 1.71 bits per heavy atom. The van der Waals surface area contributed by atoms with Crippen LogP contribution in [0.1, 0.15) is 39.6 Å². The molecule has 8 heteroatoms. The fourth-order valence-electron chi connectivity index (χ4n) is 3.25. The van der Waals surface area contributed by atoms with Gasteiger partial charge in [0.25, 0.3) is 11.8 Å². The Kier molecular flexibility index (Phi) is 9.18. The molecule has 34 heavy (non-hydrogen) atoms. The molecule has 176 valence electrons. The second-order valence-corrected chi connectivity index (χ2v) is 8.91. The molecule has 0 aromatic heterocycles. The summed E-state index contributed by atoms with van der Waals surface area (Å²) in [4.78, 5) is 27.6. The van der Waals surface area contributed by atoms with Crippen LogP contribution in [0.4, 0.5) is 5.69 Å². The van der Waals surface area contributed by atoms with Crippen molar-refractivity contribution in [2.24, 2.45) is 0 Å². The van der Waals surface area contributed by atoms with Gasteiger partial charge in [-0.3, -0.25) is 14.9 Å². The monoisotopic (exact) mass is 539 g/mol. The standard InChI is InChI=1S/C26H26BrN3O3S/c1-3-15-33-23-14-13-19(27)16-21(23)24(31)29-26(34)28-22-12-8-7-11-20(22)25(32)30(2)17-18-9-5-4-6-10-18/h4-14,16H,3,15,17H2,1-2H3,(H2,28,29,31,34). The zero-order valence-electron chi connectivity index (χ0n) is 19.0. The van der Waals surface area contributed by atoms with E-state index in [1.54, 1.807) is 48.3 Å². The first-order valence-corrected chi connectivity index (χ1v) is 12.0. The van der Waals surface area contributed by atoms with E-state index >= 15 is 0 Å². The van der Waals surface area contributed by atoms with Crippen molar-refractivity contribution in [3.05, 3.63) is 94.0 Å². The van der Waals surface area contributed by atoms with E-state index in [4.69, 9.17) is 17.0 Å². The zero-order valence-corrected chi connectivity index (χ0v) is 21.4. The van der Waals surface area contributed by atoms with Gasteiger partial charge in [-0.15, -0.1) is 0 Å². The minimum atomic E-state index is -0.407. The summed E-state index contributed by atoms with van der Waals surface area (Å²) in [6.45, 7) is 2.96. The van der Waals surface area contributed by atoms with Gasteiger partial charge in [0.05, 0.1) is 23.4 Å². The van der Waals surface area contributed by atoms with Gasteiger partial charge in [-0.25, -0.2) is 0 Å². The van der Waals surface area contributed by atoms with Crippen LogP contribution < -0.4 is 15.4 Å². The summed E-state index contributed by atoms with van der Waals surface area (Å²) in [5, 5.41) is 5.75. The van der Waals surface area contributed by atoms with E-state index < -0.39 is 5.91 Å². The third kappa shape index (κ3) is 6.88. The number of carbonyl (C=O) groups excluding carboxylic acids is 2. The number of ether oxygens (including phenoxy) is 1. The first kappa shape index (κ1) is 25.4. The highest BCUT2D eigenvalue weighted by atomic mass is 79.9. The number of anilines is 1. The molecular weight excluding hydrogens is 514 g/mol. The number of thiocarbonyl (C=S) groups is 1. The maximum absolute atomic E-state index is 13.1. The lowest BCUT2D eigenvalue weighted by Crippen LogP contribution is -2.35. The average molecular weight is 540 g/mol. The number of benzene rings is 3. The van der Waals surface area contributed by atoms with Crippen LogP contribution in [0.25, 0.3) is 0 Å². The number of rotatable bonds is 8. The Hall–Kier alpha value is -3.23. The number of halogens is 1. The lowest BCUT2D eigenvalue weighted by atomic mass is 10.1. The number of para-hydroxylation sites is 1.